The summed E-state index contributed by atoms with van der Waals surface area (Å²) >= 11 is 4.82. The van der Waals surface area contributed by atoms with E-state index < -0.39 is 0 Å². The lowest BCUT2D eigenvalue weighted by molar-refractivity contribution is 0.604. The summed E-state index contributed by atoms with van der Waals surface area (Å²) in [7, 11) is 0. The Balaban J connectivity index is 1.99. The Bertz CT molecular complexity index is 484. The van der Waals surface area contributed by atoms with Gasteiger partial charge in [0.15, 0.2) is 0 Å². The van der Waals surface area contributed by atoms with Gasteiger partial charge < -0.3 is 5.73 Å². The number of nitrogens with two attached hydrogens (primary N) is 1. The van der Waals surface area contributed by atoms with Gasteiger partial charge in [-0.1, -0.05) is 6.07 Å². The number of rotatable bonds is 4. The van der Waals surface area contributed by atoms with E-state index in [1.54, 1.807) is 17.4 Å². The van der Waals surface area contributed by atoms with Gasteiger partial charge in [-0.3, -0.25) is 0 Å². The molecule has 0 bridgehead atoms. The van der Waals surface area contributed by atoms with Crippen molar-refractivity contribution in [2.24, 2.45) is 5.73 Å². The smallest absolute Gasteiger partial charge is 0.137 e. The summed E-state index contributed by atoms with van der Waals surface area (Å²) in [5.41, 5.74) is 8.19. The highest BCUT2D eigenvalue weighted by Gasteiger charge is 2.09. The molecular weight excluding hydrogens is 301 g/mol. The molecule has 2 rings (SSSR count). The number of hydrogen-bond donors (Lipinski definition) is 1. The van der Waals surface area contributed by atoms with E-state index in [9.17, 15) is 4.39 Å². The maximum absolute atomic E-state index is 13.4. The van der Waals surface area contributed by atoms with Crippen LogP contribution in [0, 0.1) is 5.82 Å². The monoisotopic (exact) mass is 313 g/mol. The normalized spacial score (nSPS) is 12.6. The lowest BCUT2D eigenvalue weighted by Crippen LogP contribution is -2.11. The molecule has 1 atom stereocenters. The summed E-state index contributed by atoms with van der Waals surface area (Å²) in [5.74, 6) is -0.256. The van der Waals surface area contributed by atoms with Gasteiger partial charge in [-0.05, 0) is 68.9 Å². The predicted molar refractivity (Wildman–Crippen MR) is 73.7 cm³/mol. The zero-order chi connectivity index (χ0) is 12.3. The lowest BCUT2D eigenvalue weighted by atomic mass is 10.0. The van der Waals surface area contributed by atoms with Gasteiger partial charge in [-0.2, -0.15) is 11.3 Å². The third kappa shape index (κ3) is 3.37. The van der Waals surface area contributed by atoms with E-state index in [2.05, 4.69) is 32.8 Å². The molecule has 0 saturated heterocycles. The number of halogens is 2. The van der Waals surface area contributed by atoms with Crippen LogP contribution in [0.15, 0.2) is 39.5 Å². The fourth-order valence-corrected chi connectivity index (χ4v) is 2.62. The number of hydrogen-bond acceptors (Lipinski definition) is 2. The first-order chi connectivity index (χ1) is 8.16. The Morgan fingerprint density at radius 2 is 2.18 bits per heavy atom. The van der Waals surface area contributed by atoms with Crippen molar-refractivity contribution < 1.29 is 4.39 Å². The Labute approximate surface area is 113 Å². The van der Waals surface area contributed by atoms with Gasteiger partial charge in [0.25, 0.3) is 0 Å². The predicted octanol–water partition coefficient (Wildman–Crippen LogP) is 4.28. The van der Waals surface area contributed by atoms with E-state index in [0.717, 1.165) is 18.4 Å². The van der Waals surface area contributed by atoms with Gasteiger partial charge in [0.05, 0.1) is 4.47 Å². The molecule has 1 nitrogen and oxygen atoms in total. The Morgan fingerprint density at radius 3 is 2.82 bits per heavy atom. The van der Waals surface area contributed by atoms with Crippen molar-refractivity contribution >= 4 is 27.3 Å². The second-order valence-corrected chi connectivity index (χ2v) is 5.58. The number of thiophene rings is 1. The van der Waals surface area contributed by atoms with E-state index in [1.165, 1.54) is 11.6 Å². The first-order valence-electron chi connectivity index (χ1n) is 5.38. The van der Waals surface area contributed by atoms with Crippen molar-refractivity contribution in [1.82, 2.24) is 0 Å². The third-order valence-corrected chi connectivity index (χ3v) is 4.07. The van der Waals surface area contributed by atoms with E-state index in [1.807, 2.05) is 6.07 Å². The SMILES string of the molecule is NC(CCc1ccsc1)c1ccc(Br)c(F)c1. The van der Waals surface area contributed by atoms with Crippen molar-refractivity contribution in [3.8, 4) is 0 Å². The van der Waals surface area contributed by atoms with Gasteiger partial charge in [0.1, 0.15) is 5.82 Å². The minimum absolute atomic E-state index is 0.113. The van der Waals surface area contributed by atoms with Crippen LogP contribution in [0.2, 0.25) is 0 Å². The molecule has 0 aliphatic rings. The summed E-state index contributed by atoms with van der Waals surface area (Å²) in [6, 6.07) is 7.06. The standard InChI is InChI=1S/C13H13BrFNS/c14-11-3-2-10(7-12(11)15)13(16)4-1-9-5-6-17-8-9/h2-3,5-8,13H,1,4,16H2. The molecule has 1 unspecified atom stereocenters. The van der Waals surface area contributed by atoms with Gasteiger partial charge in [0, 0.05) is 6.04 Å². The van der Waals surface area contributed by atoms with Crippen LogP contribution in [-0.2, 0) is 6.42 Å². The van der Waals surface area contributed by atoms with Crippen LogP contribution in [0.25, 0.3) is 0 Å². The summed E-state index contributed by atoms with van der Waals surface area (Å²) in [6.07, 6.45) is 1.76. The van der Waals surface area contributed by atoms with Gasteiger partial charge >= 0.3 is 0 Å². The summed E-state index contributed by atoms with van der Waals surface area (Å²) in [5, 5.41) is 4.18. The highest BCUT2D eigenvalue weighted by atomic mass is 79.9. The molecule has 2 N–H and O–H groups in total. The quantitative estimate of drug-likeness (QED) is 0.895. The number of aryl methyl sites for hydroxylation is 1. The molecule has 0 aliphatic carbocycles. The first kappa shape index (κ1) is 12.7. The minimum Gasteiger partial charge on any atom is -0.324 e. The first-order valence-corrected chi connectivity index (χ1v) is 7.12. The number of benzene rings is 1. The molecule has 90 valence electrons. The molecule has 1 aromatic heterocycles. The van der Waals surface area contributed by atoms with Crippen LogP contribution in [0.1, 0.15) is 23.6 Å². The van der Waals surface area contributed by atoms with Crippen molar-refractivity contribution in [3.05, 3.63) is 56.4 Å². The van der Waals surface area contributed by atoms with Gasteiger partial charge in [-0.15, -0.1) is 0 Å². The maximum Gasteiger partial charge on any atom is 0.137 e. The Kier molecular flexibility index (Phi) is 4.31. The molecule has 1 heterocycles. The summed E-state index contributed by atoms with van der Waals surface area (Å²) in [4.78, 5) is 0. The largest absolute Gasteiger partial charge is 0.324 e. The fourth-order valence-electron chi connectivity index (χ4n) is 1.67. The molecule has 4 heteroatoms. The fraction of sp³-hybridized carbons (Fsp3) is 0.231. The van der Waals surface area contributed by atoms with Crippen LogP contribution < -0.4 is 5.73 Å². The molecule has 0 saturated carbocycles. The average Bonchev–Trinajstić information content (AvgIpc) is 2.82. The van der Waals surface area contributed by atoms with E-state index in [4.69, 9.17) is 5.73 Å². The van der Waals surface area contributed by atoms with Crippen molar-refractivity contribution in [3.63, 3.8) is 0 Å². The maximum atomic E-state index is 13.4. The lowest BCUT2D eigenvalue weighted by Gasteiger charge is -2.12. The molecule has 0 radical (unpaired) electrons. The van der Waals surface area contributed by atoms with E-state index >= 15 is 0 Å². The van der Waals surface area contributed by atoms with E-state index in [-0.39, 0.29) is 11.9 Å². The molecule has 1 aromatic carbocycles. The molecule has 0 aliphatic heterocycles. The summed E-state index contributed by atoms with van der Waals surface area (Å²) < 4.78 is 13.8. The van der Waals surface area contributed by atoms with Gasteiger partial charge in [0.2, 0.25) is 0 Å². The van der Waals surface area contributed by atoms with Crippen LogP contribution in [-0.4, -0.2) is 0 Å². The second kappa shape index (κ2) is 5.76. The summed E-state index contributed by atoms with van der Waals surface area (Å²) in [6.45, 7) is 0. The third-order valence-electron chi connectivity index (χ3n) is 2.70. The zero-order valence-corrected chi connectivity index (χ0v) is 11.6. The minimum atomic E-state index is -0.256. The second-order valence-electron chi connectivity index (χ2n) is 3.95. The molecule has 2 aromatic rings. The van der Waals surface area contributed by atoms with Crippen LogP contribution in [0.3, 0.4) is 0 Å². The van der Waals surface area contributed by atoms with Crippen LogP contribution in [0.4, 0.5) is 4.39 Å². The van der Waals surface area contributed by atoms with Crippen molar-refractivity contribution in [2.45, 2.75) is 18.9 Å². The van der Waals surface area contributed by atoms with Crippen LogP contribution in [0.5, 0.6) is 0 Å². The van der Waals surface area contributed by atoms with E-state index in [0.29, 0.717) is 4.47 Å². The molecule has 17 heavy (non-hydrogen) atoms. The molecule has 0 spiro atoms. The average molecular weight is 314 g/mol. The highest BCUT2D eigenvalue weighted by Crippen LogP contribution is 2.22. The van der Waals surface area contributed by atoms with Crippen molar-refractivity contribution in [1.29, 1.82) is 0 Å². The Hall–Kier alpha value is -0.710. The molecule has 0 amide bonds. The van der Waals surface area contributed by atoms with Crippen LogP contribution >= 0.6 is 27.3 Å². The molecular formula is C13H13BrFNS. The zero-order valence-electron chi connectivity index (χ0n) is 9.20. The topological polar surface area (TPSA) is 26.0 Å². The highest BCUT2D eigenvalue weighted by molar-refractivity contribution is 9.10. The molecule has 0 fully saturated rings. The van der Waals surface area contributed by atoms with Crippen molar-refractivity contribution in [2.75, 3.05) is 0 Å². The Morgan fingerprint density at radius 1 is 1.35 bits per heavy atom. The van der Waals surface area contributed by atoms with Gasteiger partial charge in [-0.25, -0.2) is 4.39 Å².